The highest BCUT2D eigenvalue weighted by Crippen LogP contribution is 2.50. The molecule has 5 nitrogen and oxygen atoms in total. The highest BCUT2D eigenvalue weighted by Gasteiger charge is 2.39. The molecule has 0 aromatic heterocycles. The van der Waals surface area contributed by atoms with Crippen molar-refractivity contribution in [3.8, 4) is 0 Å². The molecule has 0 saturated carbocycles. The topological polar surface area (TPSA) is 39.1 Å². The van der Waals surface area contributed by atoms with E-state index in [-0.39, 0.29) is 5.91 Å². The first-order valence-electron chi connectivity index (χ1n) is 12.8. The third-order valence-corrected chi connectivity index (χ3v) is 9.07. The fraction of sp³-hybridized carbons (Fsp3) is 0.267. The van der Waals surface area contributed by atoms with Crippen LogP contribution in [0.3, 0.4) is 0 Å². The summed E-state index contributed by atoms with van der Waals surface area (Å²) in [6.45, 7) is 11.8. The highest BCUT2D eigenvalue weighted by atomic mass is 32.2. The standard InChI is InChI=1S/C30H32N4OS2/c1-5-32(6-2)23-17-18-24(21(4)19-23)31-30-34(20-22-13-9-8-10-14-22)28(35)27(37-30)29-33(7-3)25-15-11-12-16-26(25)36-29/h8-19H,5-7,20H2,1-4H3/b29-27-,31-30?. The van der Waals surface area contributed by atoms with Gasteiger partial charge in [-0.15, -0.1) is 0 Å². The molecule has 3 aromatic rings. The molecular weight excluding hydrogens is 496 g/mol. The Balaban J connectivity index is 1.55. The number of rotatable bonds is 7. The molecule has 5 rings (SSSR count). The second-order valence-corrected chi connectivity index (χ2v) is 11.0. The smallest absolute Gasteiger partial charge is 0.269 e. The number of amidine groups is 1. The number of aliphatic imine (C=N–C) groups is 1. The van der Waals surface area contributed by atoms with Gasteiger partial charge >= 0.3 is 0 Å². The molecule has 0 aliphatic carbocycles. The van der Waals surface area contributed by atoms with Crippen molar-refractivity contribution in [1.29, 1.82) is 0 Å². The Hall–Kier alpha value is -3.16. The van der Waals surface area contributed by atoms with Crippen LogP contribution in [0.4, 0.5) is 17.1 Å². The van der Waals surface area contributed by atoms with E-state index in [4.69, 9.17) is 4.99 Å². The van der Waals surface area contributed by atoms with E-state index in [1.165, 1.54) is 22.3 Å². The van der Waals surface area contributed by atoms with Gasteiger partial charge in [-0.25, -0.2) is 4.99 Å². The van der Waals surface area contributed by atoms with Crippen LogP contribution in [0.5, 0.6) is 0 Å². The number of anilines is 2. The molecule has 190 valence electrons. The second-order valence-electron chi connectivity index (χ2n) is 8.96. The lowest BCUT2D eigenvalue weighted by Crippen LogP contribution is -2.29. The molecule has 37 heavy (non-hydrogen) atoms. The fourth-order valence-electron chi connectivity index (χ4n) is 4.69. The number of thioether (sulfide) groups is 2. The molecular formula is C30H32N4OS2. The molecule has 2 aliphatic heterocycles. The molecule has 1 amide bonds. The fourth-order valence-corrected chi connectivity index (χ4v) is 7.08. The van der Waals surface area contributed by atoms with E-state index in [0.717, 1.165) is 57.2 Å². The summed E-state index contributed by atoms with van der Waals surface area (Å²) in [6.07, 6.45) is 0. The summed E-state index contributed by atoms with van der Waals surface area (Å²) >= 11 is 3.17. The normalized spacial score (nSPS) is 18.2. The summed E-state index contributed by atoms with van der Waals surface area (Å²) < 4.78 is 0. The van der Waals surface area contributed by atoms with Gasteiger partial charge in [0.2, 0.25) is 0 Å². The molecule has 7 heteroatoms. The van der Waals surface area contributed by atoms with Crippen LogP contribution in [-0.2, 0) is 11.3 Å². The maximum absolute atomic E-state index is 13.9. The molecule has 0 atom stereocenters. The van der Waals surface area contributed by atoms with Crippen molar-refractivity contribution in [2.45, 2.75) is 39.1 Å². The lowest BCUT2D eigenvalue weighted by atomic mass is 10.1. The van der Waals surface area contributed by atoms with Gasteiger partial charge in [0.25, 0.3) is 5.91 Å². The average molecular weight is 529 g/mol. The van der Waals surface area contributed by atoms with Crippen molar-refractivity contribution in [2.24, 2.45) is 4.99 Å². The molecule has 0 N–H and O–H groups in total. The average Bonchev–Trinajstić information content (AvgIpc) is 3.44. The van der Waals surface area contributed by atoms with Gasteiger partial charge in [-0.2, -0.15) is 0 Å². The van der Waals surface area contributed by atoms with E-state index in [1.54, 1.807) is 11.8 Å². The zero-order valence-electron chi connectivity index (χ0n) is 21.8. The molecule has 0 spiro atoms. The van der Waals surface area contributed by atoms with Crippen LogP contribution in [-0.4, -0.2) is 35.6 Å². The second kappa shape index (κ2) is 11.1. The van der Waals surface area contributed by atoms with Crippen LogP contribution < -0.4 is 9.80 Å². The summed E-state index contributed by atoms with van der Waals surface area (Å²) in [5.41, 5.74) is 5.44. The number of nitrogens with zero attached hydrogens (tertiary/aromatic N) is 4. The zero-order valence-corrected chi connectivity index (χ0v) is 23.4. The van der Waals surface area contributed by atoms with Crippen LogP contribution in [0.2, 0.25) is 0 Å². The van der Waals surface area contributed by atoms with Gasteiger partial charge in [0.05, 0.1) is 17.9 Å². The maximum atomic E-state index is 13.9. The van der Waals surface area contributed by atoms with Gasteiger partial charge in [0, 0.05) is 30.2 Å². The lowest BCUT2D eigenvalue weighted by Gasteiger charge is -2.22. The molecule has 0 radical (unpaired) electrons. The van der Waals surface area contributed by atoms with Crippen LogP contribution in [0, 0.1) is 6.92 Å². The molecule has 1 saturated heterocycles. The Bertz CT molecular complexity index is 1370. The van der Waals surface area contributed by atoms with Crippen molar-refractivity contribution >= 4 is 51.7 Å². The summed E-state index contributed by atoms with van der Waals surface area (Å²) in [6, 6.07) is 24.9. The van der Waals surface area contributed by atoms with Gasteiger partial charge in [-0.05, 0) is 80.9 Å². The minimum atomic E-state index is 0.0128. The first-order chi connectivity index (χ1) is 18.0. The largest absolute Gasteiger partial charge is 0.372 e. The lowest BCUT2D eigenvalue weighted by molar-refractivity contribution is -0.122. The quantitative estimate of drug-likeness (QED) is 0.299. The van der Waals surface area contributed by atoms with Crippen LogP contribution in [0.15, 0.2) is 92.6 Å². The van der Waals surface area contributed by atoms with Crippen molar-refractivity contribution in [1.82, 2.24) is 4.90 Å². The SMILES string of the molecule is CCN(CC)c1ccc(N=C2S/C(=C3\Sc4ccccc4N3CC)C(=O)N2Cc2ccccc2)c(C)c1. The Morgan fingerprint density at radius 1 is 0.865 bits per heavy atom. The van der Waals surface area contributed by atoms with Crippen molar-refractivity contribution in [2.75, 3.05) is 29.4 Å². The number of carbonyl (C=O) groups is 1. The molecule has 1 fully saturated rings. The number of hydrogen-bond acceptors (Lipinski definition) is 6. The molecule has 2 aliphatic rings. The number of para-hydroxylation sites is 1. The molecule has 0 unspecified atom stereocenters. The summed E-state index contributed by atoms with van der Waals surface area (Å²) in [5.74, 6) is 0.0128. The van der Waals surface area contributed by atoms with Crippen molar-refractivity contribution in [3.63, 3.8) is 0 Å². The summed E-state index contributed by atoms with van der Waals surface area (Å²) in [4.78, 5) is 27.3. The van der Waals surface area contributed by atoms with E-state index < -0.39 is 0 Å². The predicted octanol–water partition coefficient (Wildman–Crippen LogP) is 7.41. The number of benzene rings is 3. The van der Waals surface area contributed by atoms with Gasteiger partial charge < -0.3 is 9.80 Å². The first-order valence-corrected chi connectivity index (χ1v) is 14.4. The van der Waals surface area contributed by atoms with Gasteiger partial charge in [0.15, 0.2) is 5.17 Å². The Kier molecular flexibility index (Phi) is 7.63. The van der Waals surface area contributed by atoms with E-state index in [2.05, 4.69) is 92.1 Å². The Morgan fingerprint density at radius 3 is 2.30 bits per heavy atom. The third-order valence-electron chi connectivity index (χ3n) is 6.69. The number of aryl methyl sites for hydroxylation is 1. The van der Waals surface area contributed by atoms with Crippen LogP contribution in [0.25, 0.3) is 0 Å². The third kappa shape index (κ3) is 5.03. The van der Waals surface area contributed by atoms with E-state index in [9.17, 15) is 4.79 Å². The van der Waals surface area contributed by atoms with Crippen LogP contribution >= 0.6 is 23.5 Å². The van der Waals surface area contributed by atoms with Crippen molar-refractivity contribution < 1.29 is 4.79 Å². The van der Waals surface area contributed by atoms with Gasteiger partial charge in [0.1, 0.15) is 9.93 Å². The van der Waals surface area contributed by atoms with Crippen molar-refractivity contribution in [3.05, 3.63) is 93.9 Å². The first kappa shape index (κ1) is 25.5. The predicted molar refractivity (Wildman–Crippen MR) is 159 cm³/mol. The highest BCUT2D eigenvalue weighted by molar-refractivity contribution is 8.19. The molecule has 3 aromatic carbocycles. The maximum Gasteiger partial charge on any atom is 0.269 e. The van der Waals surface area contributed by atoms with E-state index in [0.29, 0.717) is 6.54 Å². The minimum absolute atomic E-state index is 0.0128. The Morgan fingerprint density at radius 2 is 1.59 bits per heavy atom. The molecule has 2 heterocycles. The van der Waals surface area contributed by atoms with E-state index in [1.807, 2.05) is 23.1 Å². The van der Waals surface area contributed by atoms with E-state index >= 15 is 0 Å². The van der Waals surface area contributed by atoms with Crippen LogP contribution in [0.1, 0.15) is 31.9 Å². The zero-order chi connectivity index (χ0) is 25.9. The summed E-state index contributed by atoms with van der Waals surface area (Å²) in [7, 11) is 0. The van der Waals surface area contributed by atoms with Gasteiger partial charge in [-0.3, -0.25) is 9.69 Å². The Labute approximate surface area is 228 Å². The number of hydrogen-bond donors (Lipinski definition) is 0. The summed E-state index contributed by atoms with van der Waals surface area (Å²) in [5, 5.41) is 1.72. The number of fused-ring (bicyclic) bond motifs is 1. The monoisotopic (exact) mass is 528 g/mol. The number of carbonyl (C=O) groups excluding carboxylic acids is 1. The molecule has 0 bridgehead atoms. The minimum Gasteiger partial charge on any atom is -0.372 e. The van der Waals surface area contributed by atoms with Gasteiger partial charge in [-0.1, -0.05) is 54.2 Å². The number of amides is 1.